The number of alkyl halides is 3. The van der Waals surface area contributed by atoms with Crippen LogP contribution in [-0.4, -0.2) is 14.1 Å². The van der Waals surface area contributed by atoms with Crippen molar-refractivity contribution in [2.45, 2.75) is 19.3 Å². The molecule has 0 saturated carbocycles. The molecule has 0 spiro atoms. The molecule has 0 bridgehead atoms. The van der Waals surface area contributed by atoms with E-state index in [1.54, 1.807) is 12.1 Å². The van der Waals surface area contributed by atoms with Gasteiger partial charge in [-0.3, -0.25) is 4.79 Å². The number of benzene rings is 2. The average molecular weight is 418 g/mol. The van der Waals surface area contributed by atoms with Crippen LogP contribution in [0.4, 0.5) is 13.2 Å². The fourth-order valence-electron chi connectivity index (χ4n) is 3.25. The van der Waals surface area contributed by atoms with E-state index < -0.39 is 17.3 Å². The van der Waals surface area contributed by atoms with Crippen LogP contribution < -0.4 is 5.56 Å². The number of hydrogen-bond donors (Lipinski definition) is 0. The van der Waals surface area contributed by atoms with Crippen molar-refractivity contribution in [3.05, 3.63) is 99.2 Å². The Morgan fingerprint density at radius 3 is 2.45 bits per heavy atom. The van der Waals surface area contributed by atoms with Crippen molar-refractivity contribution in [3.8, 4) is 0 Å². The first-order valence-electron chi connectivity index (χ1n) is 8.78. The smallest absolute Gasteiger partial charge is 0.322 e. The topological polar surface area (TPSA) is 39.8 Å². The van der Waals surface area contributed by atoms with Crippen LogP contribution in [0.5, 0.6) is 0 Å². The highest BCUT2D eigenvalue weighted by molar-refractivity contribution is 6.31. The number of hydrogen-bond acceptors (Lipinski definition) is 2. The normalized spacial score (nSPS) is 11.9. The third kappa shape index (κ3) is 3.91. The summed E-state index contributed by atoms with van der Waals surface area (Å²) >= 11 is 6.07. The summed E-state index contributed by atoms with van der Waals surface area (Å²) in [5.41, 5.74) is 0.0984. The lowest BCUT2D eigenvalue weighted by Gasteiger charge is -2.12. The van der Waals surface area contributed by atoms with Crippen molar-refractivity contribution >= 4 is 22.6 Å². The van der Waals surface area contributed by atoms with Gasteiger partial charge in [-0.15, -0.1) is 0 Å². The minimum Gasteiger partial charge on any atom is -0.322 e. The first kappa shape index (κ1) is 19.3. The van der Waals surface area contributed by atoms with Crippen LogP contribution in [0.3, 0.4) is 0 Å². The molecular formula is C21H15ClF3N3O. The van der Waals surface area contributed by atoms with Crippen LogP contribution in [0.25, 0.3) is 11.0 Å². The van der Waals surface area contributed by atoms with Gasteiger partial charge in [-0.25, -0.2) is 4.98 Å². The van der Waals surface area contributed by atoms with Gasteiger partial charge in [-0.2, -0.15) is 13.2 Å². The molecule has 0 N–H and O–H groups in total. The van der Waals surface area contributed by atoms with Gasteiger partial charge in [0.05, 0.1) is 17.6 Å². The number of nitrogens with zero attached hydrogens (tertiary/aromatic N) is 3. The van der Waals surface area contributed by atoms with Gasteiger partial charge in [0.2, 0.25) is 0 Å². The Hall–Kier alpha value is -3.06. The standard InChI is InChI=1S/C21H15ClF3N3O/c22-15-8-9-18-17(11-15)26-19(28(18)12-14-5-2-1-3-6-14)13-27-10-4-7-16(20(27)29)21(23,24)25/h1-11H,12-13H2. The molecule has 2 aromatic carbocycles. The number of pyridine rings is 1. The largest absolute Gasteiger partial charge is 0.421 e. The van der Waals surface area contributed by atoms with E-state index in [4.69, 9.17) is 11.6 Å². The summed E-state index contributed by atoms with van der Waals surface area (Å²) < 4.78 is 42.2. The van der Waals surface area contributed by atoms with Gasteiger partial charge in [-0.1, -0.05) is 41.9 Å². The minimum atomic E-state index is -4.71. The number of halogens is 4. The Morgan fingerprint density at radius 2 is 1.72 bits per heavy atom. The van der Waals surface area contributed by atoms with Crippen LogP contribution >= 0.6 is 11.6 Å². The molecule has 2 heterocycles. The molecule has 0 atom stereocenters. The van der Waals surface area contributed by atoms with E-state index in [1.807, 2.05) is 41.0 Å². The molecule has 0 saturated heterocycles. The maximum atomic E-state index is 13.1. The van der Waals surface area contributed by atoms with Crippen molar-refractivity contribution in [2.75, 3.05) is 0 Å². The third-order valence-electron chi connectivity index (χ3n) is 4.61. The highest BCUT2D eigenvalue weighted by atomic mass is 35.5. The van der Waals surface area contributed by atoms with Crippen molar-refractivity contribution in [1.29, 1.82) is 0 Å². The van der Waals surface area contributed by atoms with E-state index in [9.17, 15) is 18.0 Å². The summed E-state index contributed by atoms with van der Waals surface area (Å²) in [6.45, 7) is 0.365. The van der Waals surface area contributed by atoms with Gasteiger partial charge < -0.3 is 9.13 Å². The predicted octanol–water partition coefficient (Wildman–Crippen LogP) is 4.97. The molecule has 0 aliphatic rings. The van der Waals surface area contributed by atoms with Crippen molar-refractivity contribution in [2.24, 2.45) is 0 Å². The molecule has 0 aliphatic carbocycles. The van der Waals surface area contributed by atoms with Gasteiger partial charge in [0.1, 0.15) is 11.4 Å². The molecule has 4 aromatic rings. The molecule has 0 aliphatic heterocycles. The zero-order chi connectivity index (χ0) is 20.6. The quantitative estimate of drug-likeness (QED) is 0.470. The van der Waals surface area contributed by atoms with E-state index in [0.717, 1.165) is 21.7 Å². The third-order valence-corrected chi connectivity index (χ3v) is 4.85. The summed E-state index contributed by atoms with van der Waals surface area (Å²) in [6.07, 6.45) is -3.38. The SMILES string of the molecule is O=c1c(C(F)(F)F)cccn1Cc1nc2cc(Cl)ccc2n1Cc1ccccc1. The summed E-state index contributed by atoms with van der Waals surface area (Å²) in [5, 5.41) is 0.504. The van der Waals surface area contributed by atoms with Gasteiger partial charge in [0.25, 0.3) is 5.56 Å². The predicted molar refractivity (Wildman–Crippen MR) is 105 cm³/mol. The first-order valence-corrected chi connectivity index (χ1v) is 9.16. The lowest BCUT2D eigenvalue weighted by atomic mass is 10.2. The minimum absolute atomic E-state index is 0.0954. The second kappa shape index (κ2) is 7.40. The van der Waals surface area contributed by atoms with E-state index in [2.05, 4.69) is 4.98 Å². The van der Waals surface area contributed by atoms with Crippen molar-refractivity contribution < 1.29 is 13.2 Å². The molecule has 0 fully saturated rings. The first-order chi connectivity index (χ1) is 13.8. The summed E-state index contributed by atoms with van der Waals surface area (Å²) in [6, 6.07) is 16.8. The Morgan fingerprint density at radius 1 is 0.966 bits per heavy atom. The van der Waals surface area contributed by atoms with E-state index in [-0.39, 0.29) is 6.54 Å². The number of rotatable bonds is 4. The Bertz CT molecular complexity index is 1230. The Balaban J connectivity index is 1.82. The molecule has 0 unspecified atom stereocenters. The van der Waals surface area contributed by atoms with Gasteiger partial charge in [0, 0.05) is 17.8 Å². The second-order valence-corrected chi connectivity index (χ2v) is 7.02. The van der Waals surface area contributed by atoms with Crippen LogP contribution in [0.15, 0.2) is 71.7 Å². The lowest BCUT2D eigenvalue weighted by molar-refractivity contribution is -0.138. The monoisotopic (exact) mass is 417 g/mol. The van der Waals surface area contributed by atoms with E-state index >= 15 is 0 Å². The second-order valence-electron chi connectivity index (χ2n) is 6.59. The zero-order valence-corrected chi connectivity index (χ0v) is 15.8. The molecule has 4 nitrogen and oxygen atoms in total. The average Bonchev–Trinajstić information content (AvgIpc) is 2.99. The van der Waals surface area contributed by atoms with Gasteiger partial charge >= 0.3 is 6.18 Å². The fraction of sp³-hybridized carbons (Fsp3) is 0.143. The molecule has 8 heteroatoms. The van der Waals surface area contributed by atoms with Gasteiger partial charge in [-0.05, 0) is 35.9 Å². The Labute approximate surface area is 168 Å². The molecular weight excluding hydrogens is 403 g/mol. The number of imidazole rings is 1. The molecule has 0 radical (unpaired) electrons. The maximum absolute atomic E-state index is 13.1. The highest BCUT2D eigenvalue weighted by Gasteiger charge is 2.34. The molecule has 148 valence electrons. The van der Waals surface area contributed by atoms with E-state index in [1.165, 1.54) is 12.3 Å². The van der Waals surface area contributed by atoms with E-state index in [0.29, 0.717) is 22.9 Å². The summed E-state index contributed by atoms with van der Waals surface area (Å²) in [5.74, 6) is 0.465. The van der Waals surface area contributed by atoms with Gasteiger partial charge in [0.15, 0.2) is 0 Å². The Kier molecular flexibility index (Phi) is 4.92. The van der Waals surface area contributed by atoms with Crippen molar-refractivity contribution in [3.63, 3.8) is 0 Å². The summed E-state index contributed by atoms with van der Waals surface area (Å²) in [4.78, 5) is 16.9. The fourth-order valence-corrected chi connectivity index (χ4v) is 3.41. The van der Waals surface area contributed by atoms with Crippen LogP contribution in [-0.2, 0) is 19.3 Å². The number of fused-ring (bicyclic) bond motifs is 1. The van der Waals surface area contributed by atoms with Crippen molar-refractivity contribution in [1.82, 2.24) is 14.1 Å². The summed E-state index contributed by atoms with van der Waals surface area (Å²) in [7, 11) is 0. The lowest BCUT2D eigenvalue weighted by Crippen LogP contribution is -2.29. The number of aromatic nitrogens is 3. The molecule has 2 aromatic heterocycles. The molecule has 29 heavy (non-hydrogen) atoms. The maximum Gasteiger partial charge on any atom is 0.421 e. The molecule has 4 rings (SSSR count). The highest BCUT2D eigenvalue weighted by Crippen LogP contribution is 2.26. The van der Waals surface area contributed by atoms with Crippen LogP contribution in [0, 0.1) is 0 Å². The van der Waals surface area contributed by atoms with Crippen LogP contribution in [0.2, 0.25) is 5.02 Å². The zero-order valence-electron chi connectivity index (χ0n) is 15.0. The van der Waals surface area contributed by atoms with Crippen LogP contribution in [0.1, 0.15) is 17.0 Å². The molecule has 0 amide bonds.